The van der Waals surface area contributed by atoms with Crippen molar-refractivity contribution in [2.24, 2.45) is 5.92 Å². The predicted molar refractivity (Wildman–Crippen MR) is 114 cm³/mol. The number of rotatable bonds is 12. The van der Waals surface area contributed by atoms with Crippen LogP contribution in [0.1, 0.15) is 101 Å². The summed E-state index contributed by atoms with van der Waals surface area (Å²) in [6.07, 6.45) is 19.6. The maximum Gasteiger partial charge on any atom is 0.0991 e. The summed E-state index contributed by atoms with van der Waals surface area (Å²) in [5.74, 6) is 1.59. The minimum Gasteiger partial charge on any atom is -0.502 e. The van der Waals surface area contributed by atoms with Crippen LogP contribution in [0, 0.1) is 17.2 Å². The number of ether oxygens (including phenoxy) is 1. The molecular formula is C25H37NO. The summed E-state index contributed by atoms with van der Waals surface area (Å²) >= 11 is 0. The average molecular weight is 368 g/mol. The Labute approximate surface area is 166 Å². The minimum absolute atomic E-state index is 0.694. The first-order chi connectivity index (χ1) is 13.3. The van der Waals surface area contributed by atoms with E-state index in [9.17, 15) is 0 Å². The van der Waals surface area contributed by atoms with E-state index in [2.05, 4.69) is 31.2 Å². The summed E-state index contributed by atoms with van der Waals surface area (Å²) in [6, 6.07) is 10.4. The molecule has 0 spiro atoms. The molecule has 0 bridgehead atoms. The second kappa shape index (κ2) is 13.4. The molecule has 2 heteroatoms. The summed E-state index contributed by atoms with van der Waals surface area (Å²) in [5.41, 5.74) is 2.18. The molecule has 1 aromatic carbocycles. The van der Waals surface area contributed by atoms with E-state index >= 15 is 0 Å². The number of unbranched alkanes of at least 4 members (excludes halogenated alkanes) is 5. The van der Waals surface area contributed by atoms with Crippen LogP contribution in [-0.2, 0) is 4.74 Å². The molecule has 0 amide bonds. The highest BCUT2D eigenvalue weighted by Gasteiger charge is 2.21. The molecule has 1 fully saturated rings. The monoisotopic (exact) mass is 367 g/mol. The molecule has 0 atom stereocenters. The van der Waals surface area contributed by atoms with Crippen LogP contribution in [0.15, 0.2) is 36.6 Å². The molecule has 1 aromatic rings. The third kappa shape index (κ3) is 8.65. The molecule has 0 radical (unpaired) electrons. The number of benzene rings is 1. The first-order valence-electron chi connectivity index (χ1n) is 11.1. The molecule has 2 rings (SSSR count). The normalized spacial score (nSPS) is 19.9. The summed E-state index contributed by atoms with van der Waals surface area (Å²) in [7, 11) is 0. The number of nitriles is 1. The second-order valence-corrected chi connectivity index (χ2v) is 8.04. The van der Waals surface area contributed by atoms with Crippen LogP contribution in [0.5, 0.6) is 0 Å². The number of hydrogen-bond acceptors (Lipinski definition) is 2. The van der Waals surface area contributed by atoms with Gasteiger partial charge in [0.2, 0.25) is 0 Å². The molecule has 27 heavy (non-hydrogen) atoms. The molecule has 1 aliphatic carbocycles. The van der Waals surface area contributed by atoms with E-state index in [1.807, 2.05) is 18.4 Å². The van der Waals surface area contributed by atoms with E-state index < -0.39 is 0 Å². The van der Waals surface area contributed by atoms with Crippen LogP contribution < -0.4 is 0 Å². The van der Waals surface area contributed by atoms with Gasteiger partial charge in [0, 0.05) is 0 Å². The lowest BCUT2D eigenvalue weighted by molar-refractivity contribution is 0.230. The van der Waals surface area contributed by atoms with Crippen molar-refractivity contribution in [3.05, 3.63) is 47.7 Å². The van der Waals surface area contributed by atoms with Crippen LogP contribution in [-0.4, -0.2) is 6.61 Å². The van der Waals surface area contributed by atoms with Crippen LogP contribution in [0.25, 0.3) is 0 Å². The van der Waals surface area contributed by atoms with Crippen molar-refractivity contribution in [1.82, 2.24) is 0 Å². The second-order valence-electron chi connectivity index (χ2n) is 8.04. The lowest BCUT2D eigenvalue weighted by Crippen LogP contribution is -2.13. The Bertz CT molecular complexity index is 561. The van der Waals surface area contributed by atoms with Gasteiger partial charge in [0.1, 0.15) is 0 Å². The van der Waals surface area contributed by atoms with E-state index in [4.69, 9.17) is 10.00 Å². The van der Waals surface area contributed by atoms with Gasteiger partial charge in [-0.1, -0.05) is 44.7 Å². The van der Waals surface area contributed by atoms with Crippen molar-refractivity contribution >= 4 is 0 Å². The van der Waals surface area contributed by atoms with Gasteiger partial charge in [0.05, 0.1) is 24.5 Å². The van der Waals surface area contributed by atoms with Gasteiger partial charge in [0.15, 0.2) is 0 Å². The van der Waals surface area contributed by atoms with Crippen LogP contribution >= 0.6 is 0 Å². The fourth-order valence-corrected chi connectivity index (χ4v) is 4.13. The Morgan fingerprint density at radius 1 is 1.00 bits per heavy atom. The van der Waals surface area contributed by atoms with E-state index in [0.29, 0.717) is 5.92 Å². The maximum absolute atomic E-state index is 8.91. The van der Waals surface area contributed by atoms with Gasteiger partial charge in [0.25, 0.3) is 0 Å². The van der Waals surface area contributed by atoms with Gasteiger partial charge in [-0.3, -0.25) is 0 Å². The van der Waals surface area contributed by atoms with E-state index in [1.54, 1.807) is 0 Å². The molecule has 1 saturated carbocycles. The van der Waals surface area contributed by atoms with Gasteiger partial charge in [-0.15, -0.1) is 0 Å². The molecule has 1 aliphatic rings. The zero-order chi connectivity index (χ0) is 19.2. The standard InChI is InChI=1S/C25H37NO/c1-2-3-4-5-6-8-19-27-20-9-7-10-22-11-15-24(16-12-22)25-17-13-23(21-26)14-18-25/h8,13-14,17-19,22,24H,2-7,9-12,15-16,20H2,1H3/b19-8+. The Kier molecular flexibility index (Phi) is 10.7. The van der Waals surface area contributed by atoms with E-state index in [1.165, 1.54) is 76.2 Å². The first-order valence-corrected chi connectivity index (χ1v) is 11.1. The van der Waals surface area contributed by atoms with Crippen molar-refractivity contribution < 1.29 is 4.74 Å². The largest absolute Gasteiger partial charge is 0.502 e. The third-order valence-corrected chi connectivity index (χ3v) is 5.90. The van der Waals surface area contributed by atoms with Crippen molar-refractivity contribution in [3.63, 3.8) is 0 Å². The van der Waals surface area contributed by atoms with Crippen LogP contribution in [0.2, 0.25) is 0 Å². The minimum atomic E-state index is 0.694. The number of nitrogens with zero attached hydrogens (tertiary/aromatic N) is 1. The van der Waals surface area contributed by atoms with Gasteiger partial charge < -0.3 is 4.74 Å². The zero-order valence-corrected chi connectivity index (χ0v) is 17.2. The zero-order valence-electron chi connectivity index (χ0n) is 17.2. The van der Waals surface area contributed by atoms with Gasteiger partial charge in [-0.2, -0.15) is 5.26 Å². The molecule has 0 saturated heterocycles. The van der Waals surface area contributed by atoms with Gasteiger partial charge in [-0.05, 0) is 87.0 Å². The summed E-state index contributed by atoms with van der Waals surface area (Å²) < 4.78 is 5.62. The van der Waals surface area contributed by atoms with Crippen molar-refractivity contribution in [3.8, 4) is 6.07 Å². The maximum atomic E-state index is 8.91. The van der Waals surface area contributed by atoms with Crippen molar-refractivity contribution in [1.29, 1.82) is 5.26 Å². The molecule has 148 valence electrons. The topological polar surface area (TPSA) is 33.0 Å². The summed E-state index contributed by atoms with van der Waals surface area (Å²) in [5, 5.41) is 8.91. The average Bonchev–Trinajstić information content (AvgIpc) is 2.72. The Hall–Kier alpha value is -1.75. The fraction of sp³-hybridized carbons (Fsp3) is 0.640. The van der Waals surface area contributed by atoms with Gasteiger partial charge in [-0.25, -0.2) is 0 Å². The quantitative estimate of drug-likeness (QED) is 0.283. The van der Waals surface area contributed by atoms with E-state index in [-0.39, 0.29) is 0 Å². The van der Waals surface area contributed by atoms with Crippen LogP contribution in [0.3, 0.4) is 0 Å². The highest BCUT2D eigenvalue weighted by molar-refractivity contribution is 5.33. The highest BCUT2D eigenvalue weighted by Crippen LogP contribution is 2.37. The molecule has 2 nitrogen and oxygen atoms in total. The molecule has 0 heterocycles. The SMILES string of the molecule is CCCCCC/C=C/OCCCCC1CCC(c2ccc(C#N)cc2)CC1. The van der Waals surface area contributed by atoms with E-state index in [0.717, 1.165) is 24.5 Å². The molecule has 0 unspecified atom stereocenters. The van der Waals surface area contributed by atoms with Crippen molar-refractivity contribution in [2.45, 2.75) is 89.9 Å². The Balaban J connectivity index is 1.49. The molecular weight excluding hydrogens is 330 g/mol. The predicted octanol–water partition coefficient (Wildman–Crippen LogP) is 7.50. The lowest BCUT2D eigenvalue weighted by Gasteiger charge is -2.28. The molecule has 0 N–H and O–H groups in total. The fourth-order valence-electron chi connectivity index (χ4n) is 4.13. The third-order valence-electron chi connectivity index (χ3n) is 5.90. The number of hydrogen-bond donors (Lipinski definition) is 0. The highest BCUT2D eigenvalue weighted by atomic mass is 16.5. The first kappa shape index (κ1) is 21.5. The Morgan fingerprint density at radius 3 is 2.48 bits per heavy atom. The van der Waals surface area contributed by atoms with Crippen LogP contribution in [0.4, 0.5) is 0 Å². The molecule has 0 aliphatic heterocycles. The number of allylic oxidation sites excluding steroid dienone is 1. The van der Waals surface area contributed by atoms with Crippen molar-refractivity contribution in [2.75, 3.05) is 6.61 Å². The Morgan fingerprint density at radius 2 is 1.78 bits per heavy atom. The summed E-state index contributed by atoms with van der Waals surface area (Å²) in [6.45, 7) is 3.12. The smallest absolute Gasteiger partial charge is 0.0991 e. The van der Waals surface area contributed by atoms with Gasteiger partial charge >= 0.3 is 0 Å². The molecule has 0 aromatic heterocycles. The lowest BCUT2D eigenvalue weighted by atomic mass is 9.77. The summed E-state index contributed by atoms with van der Waals surface area (Å²) in [4.78, 5) is 0.